The van der Waals surface area contributed by atoms with Crippen molar-refractivity contribution in [1.29, 1.82) is 0 Å². The Balaban J connectivity index is 2.39. The molecule has 5 nitrogen and oxygen atoms in total. The maximum atomic E-state index is 11.2. The second-order valence-corrected chi connectivity index (χ2v) is 4.66. The lowest BCUT2D eigenvalue weighted by Gasteiger charge is -2.01. The van der Waals surface area contributed by atoms with Gasteiger partial charge < -0.3 is 10.1 Å². The zero-order valence-corrected chi connectivity index (χ0v) is 10.7. The van der Waals surface area contributed by atoms with Crippen molar-refractivity contribution in [2.45, 2.75) is 6.92 Å². The summed E-state index contributed by atoms with van der Waals surface area (Å²) in [5.41, 5.74) is 3.05. The number of aryl methyl sites for hydroxylation is 1. The molecule has 0 aliphatic rings. The third-order valence-electron chi connectivity index (χ3n) is 3.08. The highest BCUT2D eigenvalue weighted by atomic mass is 35.5. The molecular weight excluding hydrogens is 266 g/mol. The third kappa shape index (κ3) is 1.70. The second-order valence-electron chi connectivity index (χ2n) is 4.25. The van der Waals surface area contributed by atoms with Crippen LogP contribution in [0.3, 0.4) is 0 Å². The normalized spacial score (nSPS) is 11.1. The number of benzene rings is 1. The Morgan fingerprint density at radius 1 is 1.42 bits per heavy atom. The molecule has 2 aromatic heterocycles. The van der Waals surface area contributed by atoms with Crippen molar-refractivity contribution < 1.29 is 9.90 Å². The zero-order chi connectivity index (χ0) is 13.6. The van der Waals surface area contributed by atoms with Crippen molar-refractivity contribution in [3.05, 3.63) is 40.7 Å². The molecule has 3 rings (SSSR count). The average Bonchev–Trinajstić information content (AvgIpc) is 2.92. The van der Waals surface area contributed by atoms with E-state index in [4.69, 9.17) is 11.6 Å². The Kier molecular flexibility index (Phi) is 2.57. The van der Waals surface area contributed by atoms with Crippen LogP contribution in [0.1, 0.15) is 16.1 Å². The van der Waals surface area contributed by atoms with Crippen LogP contribution in [0.15, 0.2) is 24.4 Å². The van der Waals surface area contributed by atoms with Crippen LogP contribution in [0.4, 0.5) is 0 Å². The number of carboxylic acids is 1. The Labute approximate surface area is 113 Å². The number of H-pyrrole nitrogens is 2. The molecule has 0 aliphatic heterocycles. The van der Waals surface area contributed by atoms with Gasteiger partial charge in [0.05, 0.1) is 16.9 Å². The highest BCUT2D eigenvalue weighted by Gasteiger charge is 2.20. The van der Waals surface area contributed by atoms with Gasteiger partial charge in [-0.05, 0) is 19.1 Å². The molecular formula is C13H10ClN3O2. The number of aromatic nitrogens is 3. The number of rotatable bonds is 2. The van der Waals surface area contributed by atoms with E-state index in [0.717, 1.165) is 22.2 Å². The van der Waals surface area contributed by atoms with Gasteiger partial charge in [0.15, 0.2) is 0 Å². The van der Waals surface area contributed by atoms with E-state index in [-0.39, 0.29) is 5.56 Å². The number of fused-ring (bicyclic) bond motifs is 1. The van der Waals surface area contributed by atoms with E-state index in [9.17, 15) is 9.90 Å². The molecule has 3 aromatic rings. The summed E-state index contributed by atoms with van der Waals surface area (Å²) in [5.74, 6) is -1.02. The predicted molar refractivity (Wildman–Crippen MR) is 72.6 cm³/mol. The summed E-state index contributed by atoms with van der Waals surface area (Å²) in [5, 5.41) is 17.1. The predicted octanol–water partition coefficient (Wildman–Crippen LogP) is 3.22. The highest BCUT2D eigenvalue weighted by Crippen LogP contribution is 2.36. The van der Waals surface area contributed by atoms with E-state index in [1.807, 2.05) is 19.1 Å². The maximum absolute atomic E-state index is 11.2. The number of hydrogen-bond acceptors (Lipinski definition) is 2. The Morgan fingerprint density at radius 3 is 2.95 bits per heavy atom. The van der Waals surface area contributed by atoms with Crippen molar-refractivity contribution in [1.82, 2.24) is 15.2 Å². The standard InChI is InChI=1S/C13H10ClN3O2/c1-6-10(12-7(13(18)19)5-15-17-12)11-8(14)3-2-4-9(11)16-6/h2-5,16H,1H3,(H,15,17)(H,18,19). The van der Waals surface area contributed by atoms with Gasteiger partial charge >= 0.3 is 5.97 Å². The molecule has 19 heavy (non-hydrogen) atoms. The number of carbonyl (C=O) groups is 1. The molecule has 0 bridgehead atoms. The first-order valence-corrected chi connectivity index (χ1v) is 6.01. The first-order valence-electron chi connectivity index (χ1n) is 5.63. The number of halogens is 1. The Morgan fingerprint density at radius 2 is 2.21 bits per heavy atom. The molecule has 0 radical (unpaired) electrons. The van der Waals surface area contributed by atoms with Gasteiger partial charge in [0.25, 0.3) is 0 Å². The molecule has 6 heteroatoms. The summed E-state index contributed by atoms with van der Waals surface area (Å²) in [6.45, 7) is 1.87. The van der Waals surface area contributed by atoms with Crippen molar-refractivity contribution >= 4 is 28.5 Å². The summed E-state index contributed by atoms with van der Waals surface area (Å²) in [4.78, 5) is 14.4. The molecule has 96 valence electrons. The van der Waals surface area contributed by atoms with E-state index < -0.39 is 5.97 Å². The molecule has 0 amide bonds. The topological polar surface area (TPSA) is 81.8 Å². The molecule has 3 N–H and O–H groups in total. The minimum atomic E-state index is -1.02. The van der Waals surface area contributed by atoms with E-state index in [2.05, 4.69) is 15.2 Å². The van der Waals surface area contributed by atoms with Gasteiger partial charge in [-0.15, -0.1) is 0 Å². The van der Waals surface area contributed by atoms with E-state index in [1.54, 1.807) is 6.07 Å². The number of hydrogen-bond donors (Lipinski definition) is 3. The van der Waals surface area contributed by atoms with E-state index in [0.29, 0.717) is 10.7 Å². The van der Waals surface area contributed by atoms with Crippen LogP contribution in [0.2, 0.25) is 5.02 Å². The van der Waals surface area contributed by atoms with Crippen LogP contribution in [-0.4, -0.2) is 26.3 Å². The van der Waals surface area contributed by atoms with E-state index >= 15 is 0 Å². The summed E-state index contributed by atoms with van der Waals surface area (Å²) in [7, 11) is 0. The van der Waals surface area contributed by atoms with Gasteiger partial charge in [-0.3, -0.25) is 5.10 Å². The SMILES string of the molecule is Cc1[nH]c2cccc(Cl)c2c1-c1[nH]ncc1C(=O)O. The van der Waals surface area contributed by atoms with Crippen LogP contribution in [-0.2, 0) is 0 Å². The van der Waals surface area contributed by atoms with Crippen molar-refractivity contribution in [3.8, 4) is 11.3 Å². The molecule has 0 fully saturated rings. The van der Waals surface area contributed by atoms with Crippen molar-refractivity contribution in [2.24, 2.45) is 0 Å². The highest BCUT2D eigenvalue weighted by molar-refractivity contribution is 6.36. The fourth-order valence-corrected chi connectivity index (χ4v) is 2.55. The second kappa shape index (κ2) is 4.13. The van der Waals surface area contributed by atoms with Gasteiger partial charge in [-0.1, -0.05) is 17.7 Å². The number of nitrogens with zero attached hydrogens (tertiary/aromatic N) is 1. The number of nitrogens with one attached hydrogen (secondary N) is 2. The van der Waals surface area contributed by atoms with Crippen LogP contribution in [0.5, 0.6) is 0 Å². The van der Waals surface area contributed by atoms with Crippen molar-refractivity contribution in [3.63, 3.8) is 0 Å². The van der Waals surface area contributed by atoms with Gasteiger partial charge in [0, 0.05) is 22.2 Å². The fraction of sp³-hybridized carbons (Fsp3) is 0.0769. The van der Waals surface area contributed by atoms with Crippen molar-refractivity contribution in [2.75, 3.05) is 0 Å². The minimum Gasteiger partial charge on any atom is -0.478 e. The lowest BCUT2D eigenvalue weighted by molar-refractivity contribution is 0.0698. The Hall–Kier alpha value is -2.27. The fourth-order valence-electron chi connectivity index (χ4n) is 2.29. The van der Waals surface area contributed by atoms with E-state index in [1.165, 1.54) is 6.20 Å². The molecule has 0 unspecified atom stereocenters. The molecule has 0 saturated heterocycles. The molecule has 0 spiro atoms. The molecule has 1 aromatic carbocycles. The largest absolute Gasteiger partial charge is 0.478 e. The molecule has 0 atom stereocenters. The number of aromatic carboxylic acids is 1. The number of aromatic amines is 2. The lowest BCUT2D eigenvalue weighted by Crippen LogP contribution is -1.97. The molecule has 0 saturated carbocycles. The monoisotopic (exact) mass is 275 g/mol. The first-order chi connectivity index (χ1) is 9.09. The first kappa shape index (κ1) is 11.8. The van der Waals surface area contributed by atoms with Gasteiger partial charge in [-0.25, -0.2) is 4.79 Å². The molecule has 2 heterocycles. The number of carboxylic acid groups (broad SMARTS) is 1. The van der Waals surface area contributed by atoms with Gasteiger partial charge in [0.2, 0.25) is 0 Å². The molecule has 0 aliphatic carbocycles. The smallest absolute Gasteiger partial charge is 0.339 e. The average molecular weight is 276 g/mol. The van der Waals surface area contributed by atoms with Crippen LogP contribution >= 0.6 is 11.6 Å². The summed E-state index contributed by atoms with van der Waals surface area (Å²) >= 11 is 6.22. The third-order valence-corrected chi connectivity index (χ3v) is 3.40. The van der Waals surface area contributed by atoms with Crippen LogP contribution in [0.25, 0.3) is 22.2 Å². The summed E-state index contributed by atoms with van der Waals surface area (Å²) in [6, 6.07) is 5.52. The quantitative estimate of drug-likeness (QED) is 0.671. The van der Waals surface area contributed by atoms with Crippen LogP contribution < -0.4 is 0 Å². The minimum absolute atomic E-state index is 0.129. The van der Waals surface area contributed by atoms with Crippen LogP contribution in [0, 0.1) is 6.92 Å². The van der Waals surface area contributed by atoms with Gasteiger partial charge in [0.1, 0.15) is 5.56 Å². The lowest BCUT2D eigenvalue weighted by atomic mass is 10.0. The summed E-state index contributed by atoms with van der Waals surface area (Å²) < 4.78 is 0. The summed E-state index contributed by atoms with van der Waals surface area (Å²) in [6.07, 6.45) is 1.30. The van der Waals surface area contributed by atoms with Gasteiger partial charge in [-0.2, -0.15) is 5.10 Å². The Bertz CT molecular complexity index is 788. The maximum Gasteiger partial charge on any atom is 0.339 e. The zero-order valence-electron chi connectivity index (χ0n) is 9.99.